The molecule has 0 saturated heterocycles. The number of rotatable bonds is 4. The van der Waals surface area contributed by atoms with Crippen LogP contribution in [0, 0.1) is 5.41 Å². The van der Waals surface area contributed by atoms with Gasteiger partial charge in [0.05, 0.1) is 0 Å². The van der Waals surface area contributed by atoms with Gasteiger partial charge in [0.25, 0.3) is 0 Å². The first-order valence-corrected chi connectivity index (χ1v) is 5.56. The van der Waals surface area contributed by atoms with Crippen LogP contribution in [0.3, 0.4) is 0 Å². The molecule has 0 heterocycles. The van der Waals surface area contributed by atoms with Gasteiger partial charge in [-0.05, 0) is 18.3 Å². The third kappa shape index (κ3) is 2.10. The van der Waals surface area contributed by atoms with E-state index >= 15 is 0 Å². The van der Waals surface area contributed by atoms with Crippen LogP contribution in [0.15, 0.2) is 12.2 Å². The van der Waals surface area contributed by atoms with Gasteiger partial charge in [0.1, 0.15) is 6.10 Å². The summed E-state index contributed by atoms with van der Waals surface area (Å²) < 4.78 is 10.8. The van der Waals surface area contributed by atoms with Crippen LogP contribution >= 0.6 is 0 Å². The predicted octanol–water partition coefficient (Wildman–Crippen LogP) is 2.10. The fourth-order valence-electron chi connectivity index (χ4n) is 2.30. The molecular formula is C12H22O3. The highest BCUT2D eigenvalue weighted by Gasteiger charge is 2.46. The Hall–Kier alpha value is -0.380. The average molecular weight is 214 g/mol. The molecule has 0 radical (unpaired) electrons. The monoisotopic (exact) mass is 214 g/mol. The van der Waals surface area contributed by atoms with Crippen LogP contribution in [0.25, 0.3) is 0 Å². The minimum absolute atomic E-state index is 0.0885. The van der Waals surface area contributed by atoms with E-state index < -0.39 is 11.9 Å². The number of ether oxygens (including phenoxy) is 2. The molecule has 1 rings (SSSR count). The smallest absolute Gasteiger partial charge is 0.198 e. The zero-order chi connectivity index (χ0) is 11.5. The average Bonchev–Trinajstić information content (AvgIpc) is 2.31. The Morgan fingerprint density at radius 1 is 1.27 bits per heavy atom. The van der Waals surface area contributed by atoms with E-state index in [4.69, 9.17) is 9.47 Å². The van der Waals surface area contributed by atoms with Crippen molar-refractivity contribution in [2.75, 3.05) is 14.2 Å². The molecule has 0 amide bonds. The summed E-state index contributed by atoms with van der Waals surface area (Å²) in [5.74, 6) is -0.874. The van der Waals surface area contributed by atoms with Crippen molar-refractivity contribution in [3.8, 4) is 0 Å². The predicted molar refractivity (Wildman–Crippen MR) is 59.5 cm³/mol. The van der Waals surface area contributed by atoms with Gasteiger partial charge < -0.3 is 14.6 Å². The maximum atomic E-state index is 9.91. The van der Waals surface area contributed by atoms with Gasteiger partial charge >= 0.3 is 0 Å². The molecule has 3 heteroatoms. The van der Waals surface area contributed by atoms with Gasteiger partial charge in [-0.15, -0.1) is 0 Å². The zero-order valence-electron chi connectivity index (χ0n) is 10.1. The Morgan fingerprint density at radius 3 is 2.20 bits per heavy atom. The van der Waals surface area contributed by atoms with Gasteiger partial charge in [0, 0.05) is 20.6 Å². The van der Waals surface area contributed by atoms with E-state index in [0.29, 0.717) is 6.42 Å². The molecule has 0 saturated carbocycles. The van der Waals surface area contributed by atoms with Gasteiger partial charge in [0.2, 0.25) is 0 Å². The van der Waals surface area contributed by atoms with Crippen LogP contribution in [0.1, 0.15) is 33.1 Å². The number of aliphatic hydroxyl groups excluding tert-OH is 1. The molecule has 1 aliphatic carbocycles. The second-order valence-electron chi connectivity index (χ2n) is 4.27. The van der Waals surface area contributed by atoms with Crippen LogP contribution < -0.4 is 0 Å². The number of hydrogen-bond donors (Lipinski definition) is 1. The lowest BCUT2D eigenvalue weighted by atomic mass is 9.71. The molecule has 15 heavy (non-hydrogen) atoms. The van der Waals surface area contributed by atoms with Crippen molar-refractivity contribution in [2.45, 2.75) is 45.0 Å². The Labute approximate surface area is 92.1 Å². The summed E-state index contributed by atoms with van der Waals surface area (Å²) in [7, 11) is 3.17. The minimum atomic E-state index is -0.874. The Bertz CT molecular complexity index is 227. The quantitative estimate of drug-likeness (QED) is 0.575. The summed E-state index contributed by atoms with van der Waals surface area (Å²) in [4.78, 5) is 0. The first-order chi connectivity index (χ1) is 7.08. The summed E-state index contributed by atoms with van der Waals surface area (Å²) >= 11 is 0. The molecule has 0 spiro atoms. The molecule has 0 aliphatic heterocycles. The van der Waals surface area contributed by atoms with Gasteiger partial charge in [-0.1, -0.05) is 26.0 Å². The Balaban J connectivity index is 2.99. The largest absolute Gasteiger partial charge is 0.383 e. The highest BCUT2D eigenvalue weighted by atomic mass is 16.7. The minimum Gasteiger partial charge on any atom is -0.383 e. The van der Waals surface area contributed by atoms with E-state index in [2.05, 4.69) is 19.9 Å². The lowest BCUT2D eigenvalue weighted by Gasteiger charge is -2.44. The van der Waals surface area contributed by atoms with Crippen LogP contribution in [0.2, 0.25) is 0 Å². The normalized spacial score (nSPS) is 27.9. The molecule has 3 nitrogen and oxygen atoms in total. The lowest BCUT2D eigenvalue weighted by molar-refractivity contribution is -0.265. The van der Waals surface area contributed by atoms with E-state index in [1.54, 1.807) is 20.3 Å². The molecule has 0 aromatic rings. The number of hydrogen-bond acceptors (Lipinski definition) is 3. The van der Waals surface area contributed by atoms with Crippen molar-refractivity contribution in [1.82, 2.24) is 0 Å². The molecule has 0 aromatic carbocycles. The molecule has 88 valence electrons. The molecular weight excluding hydrogens is 192 g/mol. The van der Waals surface area contributed by atoms with Crippen LogP contribution in [0.4, 0.5) is 0 Å². The number of methoxy groups -OCH3 is 2. The first kappa shape index (κ1) is 12.7. The fourth-order valence-corrected chi connectivity index (χ4v) is 2.30. The highest BCUT2D eigenvalue weighted by Crippen LogP contribution is 2.43. The van der Waals surface area contributed by atoms with Crippen molar-refractivity contribution in [3.05, 3.63) is 12.2 Å². The van der Waals surface area contributed by atoms with Crippen molar-refractivity contribution in [1.29, 1.82) is 0 Å². The third-order valence-corrected chi connectivity index (χ3v) is 3.78. The van der Waals surface area contributed by atoms with E-state index in [9.17, 15) is 5.11 Å². The van der Waals surface area contributed by atoms with Gasteiger partial charge in [-0.2, -0.15) is 0 Å². The van der Waals surface area contributed by atoms with E-state index in [-0.39, 0.29) is 5.41 Å². The van der Waals surface area contributed by atoms with Crippen molar-refractivity contribution in [2.24, 2.45) is 5.41 Å². The second kappa shape index (κ2) is 4.64. The standard InChI is InChI=1S/C12H22O3/c1-5-11(6-2)8-7-10(13)12(9-11,14-3)15-4/h7-8,10,13H,5-6,9H2,1-4H3. The fraction of sp³-hybridized carbons (Fsp3) is 0.833. The van der Waals surface area contributed by atoms with Gasteiger partial charge in [-0.25, -0.2) is 0 Å². The third-order valence-electron chi connectivity index (χ3n) is 3.78. The van der Waals surface area contributed by atoms with Crippen molar-refractivity contribution >= 4 is 0 Å². The molecule has 1 N–H and O–H groups in total. The van der Waals surface area contributed by atoms with Crippen LogP contribution in [-0.4, -0.2) is 31.2 Å². The molecule has 1 aliphatic rings. The molecule has 1 atom stereocenters. The lowest BCUT2D eigenvalue weighted by Crippen LogP contribution is -2.51. The van der Waals surface area contributed by atoms with E-state index in [1.165, 1.54) is 0 Å². The summed E-state index contributed by atoms with van der Waals surface area (Å²) in [6.07, 6.45) is 5.98. The van der Waals surface area contributed by atoms with Crippen molar-refractivity contribution < 1.29 is 14.6 Å². The maximum Gasteiger partial charge on any atom is 0.198 e. The summed E-state index contributed by atoms with van der Waals surface area (Å²) in [6.45, 7) is 4.31. The topological polar surface area (TPSA) is 38.7 Å². The van der Waals surface area contributed by atoms with Crippen LogP contribution in [0.5, 0.6) is 0 Å². The van der Waals surface area contributed by atoms with E-state index in [1.807, 2.05) is 0 Å². The molecule has 0 bridgehead atoms. The Kier molecular flexibility index (Phi) is 3.93. The molecule has 1 unspecified atom stereocenters. The first-order valence-electron chi connectivity index (χ1n) is 5.56. The maximum absolute atomic E-state index is 9.91. The molecule has 0 aromatic heterocycles. The number of allylic oxidation sites excluding steroid dienone is 1. The second-order valence-corrected chi connectivity index (χ2v) is 4.27. The highest BCUT2D eigenvalue weighted by molar-refractivity contribution is 5.12. The summed E-state index contributed by atoms with van der Waals surface area (Å²) in [5.41, 5.74) is 0.0885. The van der Waals surface area contributed by atoms with Crippen LogP contribution in [-0.2, 0) is 9.47 Å². The van der Waals surface area contributed by atoms with Gasteiger partial charge in [0.15, 0.2) is 5.79 Å². The SMILES string of the molecule is CCC1(CC)C=CC(O)C(OC)(OC)C1. The summed E-state index contributed by atoms with van der Waals surface area (Å²) in [6, 6.07) is 0. The molecule has 0 fully saturated rings. The summed E-state index contributed by atoms with van der Waals surface area (Å²) in [5, 5.41) is 9.91. The van der Waals surface area contributed by atoms with E-state index in [0.717, 1.165) is 12.8 Å². The zero-order valence-corrected chi connectivity index (χ0v) is 10.1. The van der Waals surface area contributed by atoms with Crippen molar-refractivity contribution in [3.63, 3.8) is 0 Å². The number of aliphatic hydroxyl groups is 1. The van der Waals surface area contributed by atoms with Gasteiger partial charge in [-0.3, -0.25) is 0 Å². The Morgan fingerprint density at radius 2 is 1.80 bits per heavy atom.